The van der Waals surface area contributed by atoms with Crippen molar-refractivity contribution < 1.29 is 9.47 Å². The zero-order chi connectivity index (χ0) is 26.6. The van der Waals surface area contributed by atoms with Crippen LogP contribution in [-0.2, 0) is 6.54 Å². The molecule has 0 spiro atoms. The van der Waals surface area contributed by atoms with E-state index in [0.717, 1.165) is 48.1 Å². The van der Waals surface area contributed by atoms with Crippen molar-refractivity contribution in [2.75, 3.05) is 32.3 Å². The number of anilines is 1. The van der Waals surface area contributed by atoms with E-state index in [4.69, 9.17) is 14.6 Å². The Morgan fingerprint density at radius 3 is 2.23 bits per heavy atom. The third kappa shape index (κ3) is 5.29. The van der Waals surface area contributed by atoms with E-state index in [1.807, 2.05) is 48.8 Å². The summed E-state index contributed by atoms with van der Waals surface area (Å²) < 4.78 is 10.8. The van der Waals surface area contributed by atoms with E-state index in [9.17, 15) is 0 Å². The van der Waals surface area contributed by atoms with Crippen LogP contribution in [0.4, 0.5) is 5.69 Å². The van der Waals surface area contributed by atoms with Crippen molar-refractivity contribution in [2.45, 2.75) is 12.6 Å². The third-order valence-corrected chi connectivity index (χ3v) is 7.45. The molecule has 0 bridgehead atoms. The fourth-order valence-electron chi connectivity index (χ4n) is 5.59. The van der Waals surface area contributed by atoms with Gasteiger partial charge in [0.05, 0.1) is 31.7 Å². The maximum absolute atomic E-state index is 5.46. The first-order chi connectivity index (χ1) is 19.2. The summed E-state index contributed by atoms with van der Waals surface area (Å²) in [6.07, 6.45) is 6.07. The van der Waals surface area contributed by atoms with Gasteiger partial charge >= 0.3 is 0 Å². The molecule has 6 rings (SSSR count). The first kappa shape index (κ1) is 24.9. The average molecular weight is 517 g/mol. The van der Waals surface area contributed by atoms with Gasteiger partial charge in [-0.1, -0.05) is 48.5 Å². The number of ether oxygens (including phenoxy) is 2. The molecule has 196 valence electrons. The molecule has 0 amide bonds. The van der Waals surface area contributed by atoms with Crippen LogP contribution in [0.15, 0.2) is 114 Å². The molecule has 2 aliphatic heterocycles. The Hall–Kier alpha value is -4.42. The summed E-state index contributed by atoms with van der Waals surface area (Å²) in [6.45, 7) is 2.54. The third-order valence-electron chi connectivity index (χ3n) is 7.45. The molecule has 0 aliphatic carbocycles. The lowest BCUT2D eigenvalue weighted by Gasteiger charge is -2.36. The van der Waals surface area contributed by atoms with Crippen LogP contribution in [-0.4, -0.2) is 42.9 Å². The summed E-state index contributed by atoms with van der Waals surface area (Å²) >= 11 is 0. The van der Waals surface area contributed by atoms with E-state index in [-0.39, 0.29) is 12.0 Å². The molecule has 3 heterocycles. The first-order valence-electron chi connectivity index (χ1n) is 13.2. The Bertz CT molecular complexity index is 1450. The number of benzene rings is 3. The van der Waals surface area contributed by atoms with Gasteiger partial charge in [-0.15, -0.1) is 0 Å². The van der Waals surface area contributed by atoms with Crippen LogP contribution >= 0.6 is 0 Å². The Kier molecular flexibility index (Phi) is 7.11. The Morgan fingerprint density at radius 1 is 0.846 bits per heavy atom. The number of nitrogens with zero attached hydrogens (tertiary/aromatic N) is 4. The van der Waals surface area contributed by atoms with E-state index in [2.05, 4.69) is 75.6 Å². The van der Waals surface area contributed by atoms with Crippen LogP contribution < -0.4 is 14.5 Å². The molecule has 2 aliphatic rings. The van der Waals surface area contributed by atoms with Crippen molar-refractivity contribution >= 4 is 17.5 Å². The Balaban J connectivity index is 1.43. The predicted octanol–water partition coefficient (Wildman–Crippen LogP) is 6.23. The minimum absolute atomic E-state index is 0.0595. The first-order valence-corrected chi connectivity index (χ1v) is 13.2. The molecule has 0 radical (unpaired) electrons. The number of para-hydroxylation sites is 1. The summed E-state index contributed by atoms with van der Waals surface area (Å²) in [5.41, 5.74) is 7.03. The SMILES string of the molecule is COc1ccc(C=C2CN(Cc3cccnc3)CC3C2=NN(c2ccccc2)C3c2ccc(OC)cc2)cc1. The van der Waals surface area contributed by atoms with E-state index in [1.54, 1.807) is 14.2 Å². The van der Waals surface area contributed by atoms with E-state index in [1.165, 1.54) is 16.7 Å². The van der Waals surface area contributed by atoms with Crippen LogP contribution in [0.1, 0.15) is 22.7 Å². The zero-order valence-electron chi connectivity index (χ0n) is 22.3. The van der Waals surface area contributed by atoms with Crippen molar-refractivity contribution in [3.8, 4) is 11.5 Å². The minimum atomic E-state index is 0.0595. The van der Waals surface area contributed by atoms with Crippen LogP contribution in [0.2, 0.25) is 0 Å². The highest BCUT2D eigenvalue weighted by Gasteiger charge is 2.44. The van der Waals surface area contributed by atoms with Gasteiger partial charge in [-0.3, -0.25) is 14.9 Å². The second kappa shape index (κ2) is 11.1. The summed E-state index contributed by atoms with van der Waals surface area (Å²) in [7, 11) is 3.40. The Morgan fingerprint density at radius 2 is 1.56 bits per heavy atom. The van der Waals surface area contributed by atoms with Crippen LogP contribution in [0, 0.1) is 5.92 Å². The molecule has 4 aromatic rings. The molecule has 0 saturated carbocycles. The predicted molar refractivity (Wildman–Crippen MR) is 156 cm³/mol. The molecule has 39 heavy (non-hydrogen) atoms. The van der Waals surface area contributed by atoms with Crippen molar-refractivity contribution in [1.82, 2.24) is 9.88 Å². The van der Waals surface area contributed by atoms with Crippen LogP contribution in [0.25, 0.3) is 6.08 Å². The number of pyridine rings is 1. The molecule has 3 aromatic carbocycles. The highest BCUT2D eigenvalue weighted by atomic mass is 16.5. The van der Waals surface area contributed by atoms with E-state index >= 15 is 0 Å². The summed E-state index contributed by atoms with van der Waals surface area (Å²) in [6, 6.07) is 31.3. The molecule has 6 heteroatoms. The lowest BCUT2D eigenvalue weighted by molar-refractivity contribution is 0.245. The average Bonchev–Trinajstić information content (AvgIpc) is 3.38. The molecule has 2 unspecified atom stereocenters. The van der Waals surface area contributed by atoms with E-state index < -0.39 is 0 Å². The molecule has 0 N–H and O–H groups in total. The second-order valence-corrected chi connectivity index (χ2v) is 9.96. The number of piperidine rings is 1. The molecule has 1 fully saturated rings. The number of methoxy groups -OCH3 is 2. The maximum atomic E-state index is 5.46. The van der Waals surface area contributed by atoms with Gasteiger partial charge in [-0.05, 0) is 70.8 Å². The molecule has 2 atom stereocenters. The monoisotopic (exact) mass is 516 g/mol. The standard InChI is InChI=1S/C33H32N4O2/c1-38-29-14-10-24(11-15-29)19-27-22-36(21-25-7-6-18-34-20-25)23-31-32(27)35-37(28-8-4-3-5-9-28)33(31)26-12-16-30(39-2)17-13-26/h3-20,31,33H,21-23H2,1-2H3. The molecule has 1 aromatic heterocycles. The van der Waals surface area contributed by atoms with E-state index in [0.29, 0.717) is 0 Å². The quantitative estimate of drug-likeness (QED) is 0.291. The second-order valence-electron chi connectivity index (χ2n) is 9.96. The van der Waals surface area contributed by atoms with Gasteiger partial charge in [0.1, 0.15) is 11.5 Å². The van der Waals surface area contributed by atoms with Crippen molar-refractivity contribution in [2.24, 2.45) is 11.0 Å². The summed E-state index contributed by atoms with van der Waals surface area (Å²) in [4.78, 5) is 6.87. The topological polar surface area (TPSA) is 50.2 Å². The number of aromatic nitrogens is 1. The van der Waals surface area contributed by atoms with Crippen LogP contribution in [0.5, 0.6) is 11.5 Å². The normalized spacial score (nSPS) is 20.0. The number of rotatable bonds is 7. The number of hydrogen-bond donors (Lipinski definition) is 0. The smallest absolute Gasteiger partial charge is 0.118 e. The number of hydrazone groups is 1. The zero-order valence-corrected chi connectivity index (χ0v) is 22.3. The summed E-state index contributed by atoms with van der Waals surface area (Å²) in [5.74, 6) is 1.89. The lowest BCUT2D eigenvalue weighted by Crippen LogP contribution is -2.43. The van der Waals surface area contributed by atoms with Crippen molar-refractivity contribution in [1.29, 1.82) is 0 Å². The number of fused-ring (bicyclic) bond motifs is 1. The highest BCUT2D eigenvalue weighted by Crippen LogP contribution is 2.43. The molecule has 1 saturated heterocycles. The van der Waals surface area contributed by atoms with Gasteiger partial charge < -0.3 is 9.47 Å². The summed E-state index contributed by atoms with van der Waals surface area (Å²) in [5, 5.41) is 7.53. The van der Waals surface area contributed by atoms with Crippen molar-refractivity contribution in [3.05, 3.63) is 126 Å². The minimum Gasteiger partial charge on any atom is -0.497 e. The van der Waals surface area contributed by atoms with Gasteiger partial charge in [0.15, 0.2) is 0 Å². The van der Waals surface area contributed by atoms with Gasteiger partial charge in [0, 0.05) is 37.9 Å². The van der Waals surface area contributed by atoms with Gasteiger partial charge in [0.2, 0.25) is 0 Å². The highest BCUT2D eigenvalue weighted by molar-refractivity contribution is 6.09. The van der Waals surface area contributed by atoms with Gasteiger partial charge in [-0.25, -0.2) is 0 Å². The number of likely N-dealkylation sites (tertiary alicyclic amines) is 1. The molecular weight excluding hydrogens is 484 g/mol. The molecular formula is C33H32N4O2. The van der Waals surface area contributed by atoms with Gasteiger partial charge in [-0.2, -0.15) is 5.10 Å². The fourth-order valence-corrected chi connectivity index (χ4v) is 5.59. The fraction of sp³-hybridized carbons (Fsp3) is 0.212. The van der Waals surface area contributed by atoms with Crippen molar-refractivity contribution in [3.63, 3.8) is 0 Å². The lowest BCUT2D eigenvalue weighted by atomic mass is 9.82. The van der Waals surface area contributed by atoms with Gasteiger partial charge in [0.25, 0.3) is 0 Å². The molecule has 6 nitrogen and oxygen atoms in total. The number of hydrogen-bond acceptors (Lipinski definition) is 6. The maximum Gasteiger partial charge on any atom is 0.118 e. The Labute approximate surface area is 229 Å². The van der Waals surface area contributed by atoms with Crippen LogP contribution in [0.3, 0.4) is 0 Å². The largest absolute Gasteiger partial charge is 0.497 e.